The van der Waals surface area contributed by atoms with Crippen molar-refractivity contribution in [2.75, 3.05) is 18.1 Å². The first kappa shape index (κ1) is 19.9. The van der Waals surface area contributed by atoms with E-state index in [1.807, 2.05) is 31.2 Å². The molecule has 5 nitrogen and oxygen atoms in total. The summed E-state index contributed by atoms with van der Waals surface area (Å²) in [6.07, 6.45) is 8.37. The van der Waals surface area contributed by atoms with E-state index in [-0.39, 0.29) is 23.8 Å². The van der Waals surface area contributed by atoms with Gasteiger partial charge >= 0.3 is 0 Å². The van der Waals surface area contributed by atoms with Gasteiger partial charge in [0.2, 0.25) is 11.8 Å². The van der Waals surface area contributed by atoms with E-state index in [1.54, 1.807) is 4.90 Å². The van der Waals surface area contributed by atoms with E-state index >= 15 is 0 Å². The summed E-state index contributed by atoms with van der Waals surface area (Å²) < 4.78 is 5.49. The minimum absolute atomic E-state index is 0.0294. The molecule has 6 rings (SSSR count). The van der Waals surface area contributed by atoms with Gasteiger partial charge in [-0.1, -0.05) is 0 Å². The van der Waals surface area contributed by atoms with E-state index in [4.69, 9.17) is 4.74 Å². The van der Waals surface area contributed by atoms with E-state index < -0.39 is 0 Å². The SMILES string of the molecule is CCOc1ccc(N2C[C@H](C(=O)N[C@H](C)C34CC5CC(CC(C5)C3)C4)CC2=O)cc1. The summed E-state index contributed by atoms with van der Waals surface area (Å²) in [5, 5.41) is 3.36. The van der Waals surface area contributed by atoms with E-state index in [0.717, 1.165) is 29.2 Å². The van der Waals surface area contributed by atoms with Crippen molar-refractivity contribution in [2.45, 2.75) is 64.8 Å². The van der Waals surface area contributed by atoms with Gasteiger partial charge in [0.15, 0.2) is 0 Å². The number of ether oxygens (including phenoxy) is 1. The first-order valence-electron chi connectivity index (χ1n) is 11.8. The third-order valence-electron chi connectivity index (χ3n) is 8.32. The second kappa shape index (κ2) is 7.58. The number of carbonyl (C=O) groups excluding carboxylic acids is 2. The van der Waals surface area contributed by atoms with E-state index in [1.165, 1.54) is 38.5 Å². The maximum Gasteiger partial charge on any atom is 0.227 e. The fraction of sp³-hybridized carbons (Fsp3) is 0.680. The zero-order valence-corrected chi connectivity index (χ0v) is 18.2. The molecule has 0 aromatic heterocycles. The molecular weight excluding hydrogens is 376 g/mol. The first-order valence-corrected chi connectivity index (χ1v) is 11.8. The van der Waals surface area contributed by atoms with Crippen molar-refractivity contribution >= 4 is 17.5 Å². The molecule has 1 N–H and O–H groups in total. The second-order valence-corrected chi connectivity index (χ2v) is 10.3. The Balaban J connectivity index is 1.22. The largest absolute Gasteiger partial charge is 0.494 e. The number of hydrogen-bond acceptors (Lipinski definition) is 3. The Morgan fingerprint density at radius 2 is 1.73 bits per heavy atom. The molecule has 2 atom stereocenters. The zero-order chi connectivity index (χ0) is 20.9. The number of nitrogens with zero attached hydrogens (tertiary/aromatic N) is 1. The lowest BCUT2D eigenvalue weighted by Gasteiger charge is -2.59. The molecule has 162 valence electrons. The summed E-state index contributed by atoms with van der Waals surface area (Å²) in [5.41, 5.74) is 1.13. The third-order valence-corrected chi connectivity index (χ3v) is 8.32. The van der Waals surface area contributed by atoms with E-state index in [2.05, 4.69) is 12.2 Å². The van der Waals surface area contributed by atoms with Crippen LogP contribution in [0.15, 0.2) is 24.3 Å². The van der Waals surface area contributed by atoms with Crippen molar-refractivity contribution in [1.82, 2.24) is 5.32 Å². The molecule has 5 fully saturated rings. The molecule has 0 spiro atoms. The van der Waals surface area contributed by atoms with Gasteiger partial charge in [0, 0.05) is 24.7 Å². The van der Waals surface area contributed by atoms with Crippen molar-refractivity contribution in [3.05, 3.63) is 24.3 Å². The monoisotopic (exact) mass is 410 g/mol. The molecule has 5 heteroatoms. The highest BCUT2D eigenvalue weighted by Gasteiger charge is 2.53. The molecule has 0 unspecified atom stereocenters. The maximum absolute atomic E-state index is 13.1. The summed E-state index contributed by atoms with van der Waals surface area (Å²) in [4.78, 5) is 27.5. The normalized spacial score (nSPS) is 35.5. The van der Waals surface area contributed by atoms with Crippen LogP contribution in [0.3, 0.4) is 0 Å². The van der Waals surface area contributed by atoms with Gasteiger partial charge in [-0.15, -0.1) is 0 Å². The summed E-state index contributed by atoms with van der Waals surface area (Å²) in [5.74, 6) is 3.24. The Labute approximate surface area is 179 Å². The van der Waals surface area contributed by atoms with Crippen LogP contribution < -0.4 is 15.0 Å². The Bertz CT molecular complexity index is 783. The molecule has 2 amide bonds. The van der Waals surface area contributed by atoms with Gasteiger partial charge in [-0.25, -0.2) is 0 Å². The number of anilines is 1. The van der Waals surface area contributed by atoms with Crippen LogP contribution in [0.2, 0.25) is 0 Å². The predicted molar refractivity (Wildman–Crippen MR) is 116 cm³/mol. The third kappa shape index (κ3) is 3.50. The molecule has 4 saturated carbocycles. The highest BCUT2D eigenvalue weighted by Crippen LogP contribution is 2.61. The molecule has 4 aliphatic carbocycles. The molecule has 0 radical (unpaired) electrons. The number of hydrogen-bond donors (Lipinski definition) is 1. The van der Waals surface area contributed by atoms with Crippen molar-refractivity contribution in [3.63, 3.8) is 0 Å². The predicted octanol–water partition coefficient (Wildman–Crippen LogP) is 4.16. The molecule has 30 heavy (non-hydrogen) atoms. The van der Waals surface area contributed by atoms with Crippen LogP contribution in [0.4, 0.5) is 5.69 Å². The Kier molecular flexibility index (Phi) is 5.03. The Morgan fingerprint density at radius 3 is 2.30 bits per heavy atom. The number of amides is 2. The van der Waals surface area contributed by atoms with Crippen molar-refractivity contribution in [3.8, 4) is 5.75 Å². The highest BCUT2D eigenvalue weighted by molar-refractivity contribution is 6.00. The fourth-order valence-electron chi connectivity index (χ4n) is 7.21. The number of nitrogens with one attached hydrogen (secondary N) is 1. The molecule has 1 aliphatic heterocycles. The molecule has 1 saturated heterocycles. The highest BCUT2D eigenvalue weighted by atomic mass is 16.5. The smallest absolute Gasteiger partial charge is 0.227 e. The van der Waals surface area contributed by atoms with Crippen LogP contribution in [0.25, 0.3) is 0 Å². The van der Waals surface area contributed by atoms with Crippen LogP contribution in [-0.4, -0.2) is 31.0 Å². The van der Waals surface area contributed by atoms with Gasteiger partial charge in [0.1, 0.15) is 5.75 Å². The zero-order valence-electron chi connectivity index (χ0n) is 18.2. The van der Waals surface area contributed by atoms with Gasteiger partial charge in [-0.2, -0.15) is 0 Å². The molecule has 4 bridgehead atoms. The van der Waals surface area contributed by atoms with Crippen molar-refractivity contribution < 1.29 is 14.3 Å². The number of rotatable bonds is 6. The Hall–Kier alpha value is -2.04. The van der Waals surface area contributed by atoms with Gasteiger partial charge in [-0.3, -0.25) is 9.59 Å². The average molecular weight is 411 g/mol. The maximum atomic E-state index is 13.1. The van der Waals surface area contributed by atoms with Gasteiger partial charge in [0.25, 0.3) is 0 Å². The van der Waals surface area contributed by atoms with Gasteiger partial charge < -0.3 is 15.0 Å². The standard InChI is InChI=1S/C25H34N2O3/c1-3-30-22-6-4-21(5-7-22)27-15-20(11-23(27)28)24(29)26-16(2)25-12-17-8-18(13-25)10-19(9-17)14-25/h4-7,16-20H,3,8-15H2,1-2H3,(H,26,29)/t16-,17?,18?,19?,20-,25?/m1/s1. The lowest BCUT2D eigenvalue weighted by atomic mass is 9.48. The summed E-state index contributed by atoms with van der Waals surface area (Å²) in [7, 11) is 0. The molecular formula is C25H34N2O3. The van der Waals surface area contributed by atoms with E-state index in [0.29, 0.717) is 25.0 Å². The summed E-state index contributed by atoms with van der Waals surface area (Å²) >= 11 is 0. The van der Waals surface area contributed by atoms with Crippen LogP contribution in [-0.2, 0) is 9.59 Å². The lowest BCUT2D eigenvalue weighted by molar-refractivity contribution is -0.130. The second-order valence-electron chi connectivity index (χ2n) is 10.3. The molecule has 1 aromatic carbocycles. The first-order chi connectivity index (χ1) is 14.5. The summed E-state index contributed by atoms with van der Waals surface area (Å²) in [6, 6.07) is 7.78. The summed E-state index contributed by atoms with van der Waals surface area (Å²) in [6.45, 7) is 5.25. The molecule has 1 aromatic rings. The van der Waals surface area contributed by atoms with Crippen LogP contribution in [0.5, 0.6) is 5.75 Å². The number of carbonyl (C=O) groups is 2. The van der Waals surface area contributed by atoms with Crippen molar-refractivity contribution in [1.29, 1.82) is 0 Å². The van der Waals surface area contributed by atoms with Gasteiger partial charge in [0.05, 0.1) is 12.5 Å². The Morgan fingerprint density at radius 1 is 1.13 bits per heavy atom. The number of benzene rings is 1. The molecule has 1 heterocycles. The topological polar surface area (TPSA) is 58.6 Å². The lowest BCUT2D eigenvalue weighted by Crippen LogP contribution is -2.56. The van der Waals surface area contributed by atoms with Crippen LogP contribution in [0.1, 0.15) is 58.8 Å². The minimum Gasteiger partial charge on any atom is -0.494 e. The van der Waals surface area contributed by atoms with Crippen LogP contribution in [0, 0.1) is 29.1 Å². The fourth-order valence-corrected chi connectivity index (χ4v) is 7.21. The molecule has 5 aliphatic rings. The van der Waals surface area contributed by atoms with Crippen molar-refractivity contribution in [2.24, 2.45) is 29.1 Å². The quantitative estimate of drug-likeness (QED) is 0.766. The van der Waals surface area contributed by atoms with Gasteiger partial charge in [-0.05, 0) is 99.8 Å². The average Bonchev–Trinajstić information content (AvgIpc) is 3.09. The van der Waals surface area contributed by atoms with Crippen LogP contribution >= 0.6 is 0 Å². The van der Waals surface area contributed by atoms with E-state index in [9.17, 15) is 9.59 Å². The minimum atomic E-state index is -0.263.